The molecule has 1 atom stereocenters. The van der Waals surface area contributed by atoms with Gasteiger partial charge in [0.1, 0.15) is 5.75 Å². The third-order valence-corrected chi connectivity index (χ3v) is 6.24. The van der Waals surface area contributed by atoms with Gasteiger partial charge in [-0.05, 0) is 46.1 Å². The average Bonchev–Trinajstić information content (AvgIpc) is 3.20. The minimum Gasteiger partial charge on any atom is -0.507 e. The first-order valence-electron chi connectivity index (χ1n) is 10.1. The number of aromatic hydroxyl groups is 1. The van der Waals surface area contributed by atoms with Crippen molar-refractivity contribution in [3.63, 3.8) is 0 Å². The van der Waals surface area contributed by atoms with Crippen molar-refractivity contribution in [1.82, 2.24) is 4.98 Å². The molecule has 2 aromatic carbocycles. The van der Waals surface area contributed by atoms with Crippen LogP contribution >= 0.6 is 0 Å². The second-order valence-electron chi connectivity index (χ2n) is 7.68. The van der Waals surface area contributed by atoms with Gasteiger partial charge in [-0.25, -0.2) is 0 Å². The number of H-pyrrole nitrogens is 1. The predicted octanol–water partition coefficient (Wildman–Crippen LogP) is 4.75. The molecule has 2 N–H and O–H groups in total. The summed E-state index contributed by atoms with van der Waals surface area (Å²) in [6, 6.07) is 11.9. The Morgan fingerprint density at radius 3 is 2.46 bits per heavy atom. The normalized spacial score (nSPS) is 13.7. The SMILES string of the molecule is CCC(CC)C(C)c1ccc(-c2c(O)ccc3[nH]c(=O)c4c(c23)C=C[B]4)cc1. The van der Waals surface area contributed by atoms with Crippen molar-refractivity contribution in [3.05, 3.63) is 63.9 Å². The van der Waals surface area contributed by atoms with Gasteiger partial charge in [0, 0.05) is 16.5 Å². The lowest BCUT2D eigenvalue weighted by Crippen LogP contribution is -2.32. The Morgan fingerprint density at radius 1 is 1.07 bits per heavy atom. The van der Waals surface area contributed by atoms with Crippen LogP contribution < -0.4 is 11.0 Å². The van der Waals surface area contributed by atoms with Gasteiger partial charge in [-0.1, -0.05) is 64.0 Å². The number of pyridine rings is 1. The highest BCUT2D eigenvalue weighted by molar-refractivity contribution is 6.63. The maximum atomic E-state index is 12.3. The lowest BCUT2D eigenvalue weighted by atomic mass is 9.73. The molecule has 1 unspecified atom stereocenters. The molecule has 0 fully saturated rings. The summed E-state index contributed by atoms with van der Waals surface area (Å²) in [5.74, 6) is 3.28. The molecule has 0 bridgehead atoms. The van der Waals surface area contributed by atoms with Gasteiger partial charge in [0.2, 0.25) is 5.56 Å². The third kappa shape index (κ3) is 2.97. The summed E-state index contributed by atoms with van der Waals surface area (Å²) in [5.41, 5.74) is 5.22. The molecular formula is C24H25BNO2. The highest BCUT2D eigenvalue weighted by atomic mass is 16.3. The summed E-state index contributed by atoms with van der Waals surface area (Å²) in [7, 11) is 1.82. The fraction of sp³-hybridized carbons (Fsp3) is 0.292. The van der Waals surface area contributed by atoms with E-state index in [4.69, 9.17) is 0 Å². The van der Waals surface area contributed by atoms with Crippen molar-refractivity contribution >= 4 is 29.7 Å². The van der Waals surface area contributed by atoms with E-state index in [0.29, 0.717) is 17.3 Å². The second-order valence-corrected chi connectivity index (χ2v) is 7.68. The maximum absolute atomic E-state index is 12.3. The minimum absolute atomic E-state index is 0.0986. The highest BCUT2D eigenvalue weighted by Gasteiger charge is 2.20. The van der Waals surface area contributed by atoms with Gasteiger partial charge >= 0.3 is 0 Å². The molecule has 3 nitrogen and oxygen atoms in total. The van der Waals surface area contributed by atoms with E-state index < -0.39 is 0 Å². The summed E-state index contributed by atoms with van der Waals surface area (Å²) in [6.07, 6.45) is 4.29. The lowest BCUT2D eigenvalue weighted by molar-refractivity contribution is 0.419. The van der Waals surface area contributed by atoms with Gasteiger partial charge < -0.3 is 10.1 Å². The molecule has 2 heterocycles. The standard InChI is InChI=1S/C24H25BNO2/c1-4-15(5-2)14(3)16-6-8-17(9-7-16)21-20(27)11-10-19-22(21)18-12-13-25-23(18)24(28)26-19/h6-15,27H,4-5H2,1-3H3,(H,26,28). The van der Waals surface area contributed by atoms with Crippen LogP contribution in [0.25, 0.3) is 28.1 Å². The molecule has 0 saturated carbocycles. The van der Waals surface area contributed by atoms with Crippen molar-refractivity contribution in [1.29, 1.82) is 0 Å². The van der Waals surface area contributed by atoms with Crippen LogP contribution in [0.2, 0.25) is 0 Å². The quantitative estimate of drug-likeness (QED) is 0.637. The molecule has 1 aromatic heterocycles. The number of fused-ring (bicyclic) bond motifs is 3. The summed E-state index contributed by atoms with van der Waals surface area (Å²) in [5, 5.41) is 11.6. The lowest BCUT2D eigenvalue weighted by Gasteiger charge is -2.22. The van der Waals surface area contributed by atoms with E-state index in [2.05, 4.69) is 50.0 Å². The second kappa shape index (κ2) is 7.35. The Hall–Kier alpha value is -2.75. The van der Waals surface area contributed by atoms with Crippen LogP contribution in [0.1, 0.15) is 50.7 Å². The molecule has 1 aliphatic heterocycles. The van der Waals surface area contributed by atoms with E-state index in [0.717, 1.165) is 27.6 Å². The maximum Gasteiger partial charge on any atom is 0.243 e. The molecule has 0 spiro atoms. The molecule has 0 aliphatic carbocycles. The summed E-state index contributed by atoms with van der Waals surface area (Å²) >= 11 is 0. The van der Waals surface area contributed by atoms with Crippen molar-refractivity contribution < 1.29 is 5.11 Å². The molecule has 0 amide bonds. The number of benzene rings is 2. The minimum atomic E-state index is -0.0986. The van der Waals surface area contributed by atoms with E-state index >= 15 is 0 Å². The van der Waals surface area contributed by atoms with E-state index in [1.165, 1.54) is 18.4 Å². The van der Waals surface area contributed by atoms with Gasteiger partial charge in [-0.3, -0.25) is 4.79 Å². The van der Waals surface area contributed by atoms with Gasteiger partial charge in [-0.15, -0.1) is 5.98 Å². The van der Waals surface area contributed by atoms with Crippen LogP contribution in [0.4, 0.5) is 0 Å². The number of aromatic amines is 1. The Morgan fingerprint density at radius 2 is 1.79 bits per heavy atom. The largest absolute Gasteiger partial charge is 0.507 e. The molecule has 141 valence electrons. The summed E-state index contributed by atoms with van der Waals surface area (Å²) in [4.78, 5) is 15.3. The number of phenols is 1. The van der Waals surface area contributed by atoms with Gasteiger partial charge in [-0.2, -0.15) is 0 Å². The van der Waals surface area contributed by atoms with Crippen molar-refractivity contribution in [2.45, 2.75) is 39.5 Å². The molecule has 4 heteroatoms. The van der Waals surface area contributed by atoms with Crippen LogP contribution in [-0.2, 0) is 0 Å². The van der Waals surface area contributed by atoms with Crippen LogP contribution in [-0.4, -0.2) is 17.4 Å². The molecule has 1 radical (unpaired) electrons. The molecule has 1 aliphatic rings. The summed E-state index contributed by atoms with van der Waals surface area (Å²) < 4.78 is 0. The van der Waals surface area contributed by atoms with Crippen LogP contribution in [0.3, 0.4) is 0 Å². The Balaban J connectivity index is 1.86. The first kappa shape index (κ1) is 18.6. The Labute approximate surface area is 166 Å². The first-order chi connectivity index (χ1) is 13.5. The highest BCUT2D eigenvalue weighted by Crippen LogP contribution is 2.38. The number of hydrogen-bond donors (Lipinski definition) is 2. The molecule has 0 saturated heterocycles. The first-order valence-corrected chi connectivity index (χ1v) is 10.1. The topological polar surface area (TPSA) is 53.1 Å². The van der Waals surface area contributed by atoms with Crippen molar-refractivity contribution in [2.75, 3.05) is 0 Å². The zero-order valence-corrected chi connectivity index (χ0v) is 16.6. The molecule has 4 rings (SSSR count). The van der Waals surface area contributed by atoms with E-state index in [1.807, 2.05) is 19.3 Å². The fourth-order valence-corrected chi connectivity index (χ4v) is 4.51. The van der Waals surface area contributed by atoms with E-state index in [1.54, 1.807) is 12.1 Å². The predicted molar refractivity (Wildman–Crippen MR) is 119 cm³/mol. The van der Waals surface area contributed by atoms with Crippen molar-refractivity contribution in [3.8, 4) is 16.9 Å². The van der Waals surface area contributed by atoms with E-state index in [9.17, 15) is 9.90 Å². The van der Waals surface area contributed by atoms with Crippen LogP contribution in [0, 0.1) is 5.92 Å². The Kier molecular flexibility index (Phi) is 4.88. The van der Waals surface area contributed by atoms with Gasteiger partial charge in [0.25, 0.3) is 0 Å². The smallest absolute Gasteiger partial charge is 0.243 e. The van der Waals surface area contributed by atoms with Gasteiger partial charge in [0.15, 0.2) is 7.28 Å². The third-order valence-electron chi connectivity index (χ3n) is 6.24. The fourth-order valence-electron chi connectivity index (χ4n) is 4.51. The number of aromatic nitrogens is 1. The number of hydrogen-bond acceptors (Lipinski definition) is 2. The number of nitrogens with one attached hydrogen (secondary N) is 1. The van der Waals surface area contributed by atoms with Crippen molar-refractivity contribution in [2.24, 2.45) is 5.92 Å². The monoisotopic (exact) mass is 370 g/mol. The molecule has 28 heavy (non-hydrogen) atoms. The average molecular weight is 370 g/mol. The summed E-state index contributed by atoms with van der Waals surface area (Å²) in [6.45, 7) is 6.79. The zero-order valence-electron chi connectivity index (χ0n) is 16.6. The van der Waals surface area contributed by atoms with Gasteiger partial charge in [0.05, 0.1) is 0 Å². The number of phenolic OH excluding ortho intramolecular Hbond substituents is 1. The molecule has 3 aromatic rings. The molecular weight excluding hydrogens is 345 g/mol. The van der Waals surface area contributed by atoms with Crippen LogP contribution in [0.15, 0.2) is 47.2 Å². The zero-order chi connectivity index (χ0) is 19.8. The van der Waals surface area contributed by atoms with E-state index in [-0.39, 0.29) is 11.3 Å². The number of rotatable bonds is 5. The Bertz CT molecular complexity index is 1110. The van der Waals surface area contributed by atoms with Crippen LogP contribution in [0.5, 0.6) is 5.75 Å².